The lowest BCUT2D eigenvalue weighted by Crippen LogP contribution is -2.10. The van der Waals surface area contributed by atoms with E-state index in [0.29, 0.717) is 0 Å². The van der Waals surface area contributed by atoms with Gasteiger partial charge in [0.1, 0.15) is 5.75 Å². The lowest BCUT2D eigenvalue weighted by molar-refractivity contribution is -0.133. The molecule has 0 bridgehead atoms. The third kappa shape index (κ3) is 5.23. The van der Waals surface area contributed by atoms with Gasteiger partial charge in [-0.05, 0) is 0 Å². The van der Waals surface area contributed by atoms with E-state index in [9.17, 15) is 9.00 Å². The van der Waals surface area contributed by atoms with Crippen LogP contribution in [-0.4, -0.2) is 26.8 Å². The second kappa shape index (κ2) is 4.26. The Morgan fingerprint density at radius 1 is 1.78 bits per heavy atom. The second-order valence-electron chi connectivity index (χ2n) is 1.43. The topological polar surface area (TPSA) is 54.4 Å². The lowest BCUT2D eigenvalue weighted by atomic mass is 10.8. The van der Waals surface area contributed by atoms with Crippen LogP contribution < -0.4 is 0 Å². The molecule has 0 aliphatic rings. The van der Waals surface area contributed by atoms with Crippen molar-refractivity contribution < 1.29 is 14.1 Å². The molecule has 0 heterocycles. The van der Waals surface area contributed by atoms with Crippen molar-refractivity contribution in [3.8, 4) is 0 Å². The van der Waals surface area contributed by atoms with E-state index in [1.54, 1.807) is 0 Å². The zero-order valence-electron chi connectivity index (χ0n) is 4.87. The largest absolute Gasteiger partial charge is 0.481 e. The van der Waals surface area contributed by atoms with E-state index < -0.39 is 16.8 Å². The predicted molar refractivity (Wildman–Crippen MR) is 35.7 cm³/mol. The summed E-state index contributed by atoms with van der Waals surface area (Å²) >= 11 is 0. The third-order valence-corrected chi connectivity index (χ3v) is 1.76. The average molecular weight is 148 g/mol. The van der Waals surface area contributed by atoms with E-state index in [0.717, 1.165) is 0 Å². The smallest absolute Gasteiger partial charge is 0.316 e. The molecule has 0 amide bonds. The Morgan fingerprint density at radius 3 is 2.67 bits per heavy atom. The highest BCUT2D eigenvalue weighted by Crippen LogP contribution is 1.81. The number of carboxylic acids is 1. The van der Waals surface area contributed by atoms with E-state index in [4.69, 9.17) is 5.11 Å². The fraction of sp³-hybridized carbons (Fsp3) is 0.400. The maximum Gasteiger partial charge on any atom is 0.316 e. The molecule has 0 spiro atoms. The molecule has 0 radical (unpaired) electrons. The summed E-state index contributed by atoms with van der Waals surface area (Å²) in [6, 6.07) is 0. The number of carbonyl (C=O) groups is 1. The first-order chi connectivity index (χ1) is 4.16. The molecule has 0 aromatic heterocycles. The van der Waals surface area contributed by atoms with Gasteiger partial charge in [-0.3, -0.25) is 9.00 Å². The van der Waals surface area contributed by atoms with Crippen molar-refractivity contribution in [3.05, 3.63) is 12.7 Å². The van der Waals surface area contributed by atoms with Gasteiger partial charge in [-0.25, -0.2) is 0 Å². The zero-order valence-corrected chi connectivity index (χ0v) is 5.69. The minimum absolute atomic E-state index is 0.256. The molecular formula is C5H8O3S. The van der Waals surface area contributed by atoms with Crippen molar-refractivity contribution in [2.75, 3.05) is 11.5 Å². The molecule has 0 rings (SSSR count). The summed E-state index contributed by atoms with van der Waals surface area (Å²) in [5, 5.41) is 8.08. The van der Waals surface area contributed by atoms with E-state index in [-0.39, 0.29) is 11.5 Å². The molecule has 0 saturated heterocycles. The fourth-order valence-electron chi connectivity index (χ4n) is 0.328. The number of rotatable bonds is 4. The van der Waals surface area contributed by atoms with Gasteiger partial charge in [0, 0.05) is 16.6 Å². The van der Waals surface area contributed by atoms with Crippen LogP contribution in [0.3, 0.4) is 0 Å². The van der Waals surface area contributed by atoms with Gasteiger partial charge in [0.15, 0.2) is 0 Å². The molecule has 0 saturated carbocycles. The van der Waals surface area contributed by atoms with Gasteiger partial charge in [-0.15, -0.1) is 6.58 Å². The molecule has 0 fully saturated rings. The van der Waals surface area contributed by atoms with Crippen molar-refractivity contribution in [3.63, 3.8) is 0 Å². The summed E-state index contributed by atoms with van der Waals surface area (Å²) in [5.74, 6) is -1.06. The molecule has 1 atom stereocenters. The van der Waals surface area contributed by atoms with Crippen molar-refractivity contribution in [2.24, 2.45) is 0 Å². The van der Waals surface area contributed by atoms with E-state index in [1.165, 1.54) is 6.08 Å². The highest BCUT2D eigenvalue weighted by Gasteiger charge is 2.01. The fourth-order valence-corrected chi connectivity index (χ4v) is 0.984. The van der Waals surface area contributed by atoms with Gasteiger partial charge >= 0.3 is 5.97 Å². The van der Waals surface area contributed by atoms with Crippen molar-refractivity contribution in [2.45, 2.75) is 0 Å². The van der Waals surface area contributed by atoms with Gasteiger partial charge in [-0.1, -0.05) is 6.08 Å². The molecule has 1 N–H and O–H groups in total. The predicted octanol–water partition coefficient (Wildman–Crippen LogP) is 0.00570. The highest BCUT2D eigenvalue weighted by atomic mass is 32.2. The highest BCUT2D eigenvalue weighted by molar-refractivity contribution is 7.85. The average Bonchev–Trinajstić information content (AvgIpc) is 1.63. The molecule has 4 heteroatoms. The molecule has 52 valence electrons. The summed E-state index contributed by atoms with van der Waals surface area (Å²) in [6.45, 7) is 3.32. The Labute approximate surface area is 55.8 Å². The van der Waals surface area contributed by atoms with Crippen LogP contribution in [0.4, 0.5) is 0 Å². The SMILES string of the molecule is C=CC[S@](=O)CC(=O)O. The minimum atomic E-state index is -1.27. The van der Waals surface area contributed by atoms with Crippen molar-refractivity contribution in [1.82, 2.24) is 0 Å². The molecule has 0 aromatic rings. The molecule has 3 nitrogen and oxygen atoms in total. The van der Waals surface area contributed by atoms with Gasteiger partial charge < -0.3 is 5.11 Å². The normalized spacial score (nSPS) is 12.4. The van der Waals surface area contributed by atoms with Crippen LogP contribution in [0.25, 0.3) is 0 Å². The molecular weight excluding hydrogens is 140 g/mol. The summed E-state index contributed by atoms with van der Waals surface area (Å²) in [6.07, 6.45) is 1.44. The number of hydrogen-bond donors (Lipinski definition) is 1. The van der Waals surface area contributed by atoms with Crippen LogP contribution in [0, 0.1) is 0 Å². The molecule has 0 aromatic carbocycles. The Balaban J connectivity index is 3.50. The molecule has 9 heavy (non-hydrogen) atoms. The first-order valence-electron chi connectivity index (χ1n) is 2.34. The zero-order chi connectivity index (χ0) is 7.28. The Morgan fingerprint density at radius 2 is 2.33 bits per heavy atom. The maximum atomic E-state index is 10.5. The summed E-state index contributed by atoms with van der Waals surface area (Å²) in [7, 11) is -1.27. The Hall–Kier alpha value is -0.640. The quantitative estimate of drug-likeness (QED) is 0.571. The van der Waals surface area contributed by atoms with Crippen molar-refractivity contribution >= 4 is 16.8 Å². The summed E-state index contributed by atoms with van der Waals surface area (Å²) in [5.41, 5.74) is 0. The van der Waals surface area contributed by atoms with Crippen LogP contribution in [0.1, 0.15) is 0 Å². The van der Waals surface area contributed by atoms with Crippen LogP contribution >= 0.6 is 0 Å². The van der Waals surface area contributed by atoms with Crippen LogP contribution in [-0.2, 0) is 15.6 Å². The molecule has 0 aliphatic carbocycles. The first-order valence-corrected chi connectivity index (χ1v) is 3.83. The second-order valence-corrected chi connectivity index (χ2v) is 2.93. The Bertz CT molecular complexity index is 141. The summed E-state index contributed by atoms with van der Waals surface area (Å²) in [4.78, 5) is 9.86. The van der Waals surface area contributed by atoms with E-state index in [2.05, 4.69) is 6.58 Å². The van der Waals surface area contributed by atoms with E-state index in [1.807, 2.05) is 0 Å². The number of carboxylic acid groups (broad SMARTS) is 1. The van der Waals surface area contributed by atoms with Gasteiger partial charge in [0.25, 0.3) is 0 Å². The Kier molecular flexibility index (Phi) is 3.96. The van der Waals surface area contributed by atoms with Crippen LogP contribution in [0.5, 0.6) is 0 Å². The minimum Gasteiger partial charge on any atom is -0.481 e. The third-order valence-electron chi connectivity index (χ3n) is 0.588. The van der Waals surface area contributed by atoms with Gasteiger partial charge in [0.05, 0.1) is 0 Å². The lowest BCUT2D eigenvalue weighted by Gasteiger charge is -1.89. The van der Waals surface area contributed by atoms with Crippen LogP contribution in [0.2, 0.25) is 0 Å². The van der Waals surface area contributed by atoms with E-state index >= 15 is 0 Å². The van der Waals surface area contributed by atoms with Gasteiger partial charge in [0.2, 0.25) is 0 Å². The maximum absolute atomic E-state index is 10.5. The standard InChI is InChI=1S/C5H8O3S/c1-2-3-9(8)4-5(6)7/h2H,1,3-4H2,(H,6,7)/t9-/m0/s1. The van der Waals surface area contributed by atoms with Crippen molar-refractivity contribution in [1.29, 1.82) is 0 Å². The summed E-state index contributed by atoms with van der Waals surface area (Å²) < 4.78 is 10.5. The monoisotopic (exact) mass is 148 g/mol. The van der Waals surface area contributed by atoms with Crippen LogP contribution in [0.15, 0.2) is 12.7 Å². The molecule has 0 aliphatic heterocycles. The molecule has 0 unspecified atom stereocenters. The number of hydrogen-bond acceptors (Lipinski definition) is 2. The first kappa shape index (κ1) is 8.36. The van der Waals surface area contributed by atoms with Gasteiger partial charge in [-0.2, -0.15) is 0 Å². The number of aliphatic carboxylic acids is 1.